The second-order valence-electron chi connectivity index (χ2n) is 7.36. The van der Waals surface area contributed by atoms with Gasteiger partial charge in [0.05, 0.1) is 0 Å². The molecule has 28 heavy (non-hydrogen) atoms. The van der Waals surface area contributed by atoms with Crippen LogP contribution in [0.3, 0.4) is 0 Å². The maximum Gasteiger partial charge on any atom is 0.185 e. The fourth-order valence-corrected chi connectivity index (χ4v) is 3.95. The lowest BCUT2D eigenvalue weighted by molar-refractivity contribution is 0.104. The molecule has 0 aliphatic heterocycles. The number of carbonyl (C=O) groups is 1. The predicted molar refractivity (Wildman–Crippen MR) is 115 cm³/mol. The Morgan fingerprint density at radius 2 is 1.61 bits per heavy atom. The van der Waals surface area contributed by atoms with Gasteiger partial charge in [0.2, 0.25) is 0 Å². The van der Waals surface area contributed by atoms with E-state index in [9.17, 15) is 4.79 Å². The number of ketones is 1. The van der Waals surface area contributed by atoms with E-state index in [0.29, 0.717) is 22.3 Å². The van der Waals surface area contributed by atoms with E-state index in [-0.39, 0.29) is 5.78 Å². The molecule has 2 aromatic carbocycles. The first-order valence-corrected chi connectivity index (χ1v) is 10.2. The highest BCUT2D eigenvalue weighted by Gasteiger charge is 2.15. The Kier molecular flexibility index (Phi) is 5.78. The third-order valence-electron chi connectivity index (χ3n) is 5.43. The van der Waals surface area contributed by atoms with Gasteiger partial charge in [-0.2, -0.15) is 0 Å². The first-order chi connectivity index (χ1) is 13.7. The number of halogens is 1. The van der Waals surface area contributed by atoms with Crippen LogP contribution in [0.2, 0.25) is 5.02 Å². The quantitative estimate of drug-likeness (QED) is 0.332. The Morgan fingerprint density at radius 1 is 0.893 bits per heavy atom. The van der Waals surface area contributed by atoms with Crippen molar-refractivity contribution in [2.75, 3.05) is 0 Å². The molecule has 0 radical (unpaired) electrons. The Hall–Kier alpha value is -2.58. The van der Waals surface area contributed by atoms with Crippen LogP contribution in [0.15, 0.2) is 71.2 Å². The van der Waals surface area contributed by atoms with Crippen LogP contribution < -0.4 is 0 Å². The van der Waals surface area contributed by atoms with Crippen molar-refractivity contribution in [1.29, 1.82) is 0 Å². The van der Waals surface area contributed by atoms with Gasteiger partial charge in [-0.15, -0.1) is 0 Å². The van der Waals surface area contributed by atoms with Crippen LogP contribution in [0.1, 0.15) is 59.7 Å². The molecular formula is C25H23ClO2. The lowest BCUT2D eigenvalue weighted by Crippen LogP contribution is -2.04. The summed E-state index contributed by atoms with van der Waals surface area (Å²) in [5.41, 5.74) is 3.02. The molecule has 0 atom stereocenters. The smallest absolute Gasteiger partial charge is 0.185 e. The molecule has 1 fully saturated rings. The molecule has 1 aliphatic carbocycles. The van der Waals surface area contributed by atoms with Gasteiger partial charge in [-0.3, -0.25) is 4.79 Å². The molecule has 3 aromatic rings. The van der Waals surface area contributed by atoms with Gasteiger partial charge >= 0.3 is 0 Å². The molecule has 2 nitrogen and oxygen atoms in total. The van der Waals surface area contributed by atoms with E-state index >= 15 is 0 Å². The standard InChI is InChI=1S/C25H23ClO2/c26-22-12-10-21(11-13-22)25-17-15-23(28-25)14-16-24(27)20-8-6-19(7-9-20)18-4-2-1-3-5-18/h6-18H,1-5H2/b16-14+. The Labute approximate surface area is 170 Å². The largest absolute Gasteiger partial charge is 0.457 e. The highest BCUT2D eigenvalue weighted by atomic mass is 35.5. The summed E-state index contributed by atoms with van der Waals surface area (Å²) >= 11 is 5.92. The predicted octanol–water partition coefficient (Wildman–Crippen LogP) is 7.54. The number of rotatable bonds is 5. The monoisotopic (exact) mass is 390 g/mol. The summed E-state index contributed by atoms with van der Waals surface area (Å²) in [6, 6.07) is 19.3. The lowest BCUT2D eigenvalue weighted by Gasteiger charge is -2.21. The number of carbonyl (C=O) groups excluding carboxylic acids is 1. The number of hydrogen-bond donors (Lipinski definition) is 0. The molecule has 1 heterocycles. The minimum atomic E-state index is -0.0142. The van der Waals surface area contributed by atoms with Crippen molar-refractivity contribution in [2.45, 2.75) is 38.0 Å². The highest BCUT2D eigenvalue weighted by Crippen LogP contribution is 2.32. The average Bonchev–Trinajstić information content (AvgIpc) is 3.22. The van der Waals surface area contributed by atoms with Crippen molar-refractivity contribution in [3.63, 3.8) is 0 Å². The van der Waals surface area contributed by atoms with E-state index in [1.807, 2.05) is 48.5 Å². The van der Waals surface area contributed by atoms with E-state index in [2.05, 4.69) is 12.1 Å². The van der Waals surface area contributed by atoms with E-state index in [0.717, 1.165) is 11.3 Å². The third-order valence-corrected chi connectivity index (χ3v) is 5.68. The first-order valence-electron chi connectivity index (χ1n) is 9.87. The topological polar surface area (TPSA) is 30.2 Å². The van der Waals surface area contributed by atoms with E-state index in [1.165, 1.54) is 37.7 Å². The normalized spacial score (nSPS) is 15.2. The Balaban J connectivity index is 1.42. The van der Waals surface area contributed by atoms with Crippen molar-refractivity contribution in [1.82, 2.24) is 0 Å². The molecule has 0 saturated heterocycles. The van der Waals surface area contributed by atoms with Gasteiger partial charge < -0.3 is 4.42 Å². The molecule has 0 amide bonds. The fourth-order valence-electron chi connectivity index (χ4n) is 3.82. The number of hydrogen-bond acceptors (Lipinski definition) is 2. The van der Waals surface area contributed by atoms with E-state index in [1.54, 1.807) is 12.2 Å². The van der Waals surface area contributed by atoms with Crippen LogP contribution in [0, 0.1) is 0 Å². The molecule has 4 rings (SSSR count). The second-order valence-corrected chi connectivity index (χ2v) is 7.80. The molecule has 1 aliphatic rings. The van der Waals surface area contributed by atoms with Crippen molar-refractivity contribution in [2.24, 2.45) is 0 Å². The Morgan fingerprint density at radius 3 is 2.32 bits per heavy atom. The fraction of sp³-hybridized carbons (Fsp3) is 0.240. The molecule has 0 spiro atoms. The molecular weight excluding hydrogens is 368 g/mol. The van der Waals surface area contributed by atoms with Crippen molar-refractivity contribution < 1.29 is 9.21 Å². The first kappa shape index (κ1) is 18.8. The number of benzene rings is 2. The second kappa shape index (κ2) is 8.62. The maximum atomic E-state index is 12.5. The van der Waals surface area contributed by atoms with Gasteiger partial charge in [0.1, 0.15) is 11.5 Å². The molecule has 1 aromatic heterocycles. The minimum absolute atomic E-state index is 0.0142. The Bertz CT molecular complexity index is 959. The van der Waals surface area contributed by atoms with Gasteiger partial charge in [-0.05, 0) is 72.9 Å². The number of furan rings is 1. The van der Waals surface area contributed by atoms with Gasteiger partial charge in [0, 0.05) is 16.1 Å². The van der Waals surface area contributed by atoms with Crippen LogP contribution in [0.4, 0.5) is 0 Å². The summed E-state index contributed by atoms with van der Waals surface area (Å²) in [4.78, 5) is 12.5. The summed E-state index contributed by atoms with van der Waals surface area (Å²) in [5, 5.41) is 0.690. The summed E-state index contributed by atoms with van der Waals surface area (Å²) < 4.78 is 5.81. The van der Waals surface area contributed by atoms with Gasteiger partial charge in [-0.25, -0.2) is 0 Å². The average molecular weight is 391 g/mol. The van der Waals surface area contributed by atoms with E-state index in [4.69, 9.17) is 16.0 Å². The van der Waals surface area contributed by atoms with Crippen LogP contribution in [0.25, 0.3) is 17.4 Å². The van der Waals surface area contributed by atoms with Crippen LogP contribution in [0.5, 0.6) is 0 Å². The van der Waals surface area contributed by atoms with Crippen LogP contribution >= 0.6 is 11.6 Å². The molecule has 142 valence electrons. The maximum absolute atomic E-state index is 12.5. The zero-order chi connectivity index (χ0) is 19.3. The van der Waals surface area contributed by atoms with Crippen molar-refractivity contribution in [3.8, 4) is 11.3 Å². The summed E-state index contributed by atoms with van der Waals surface area (Å²) in [6.45, 7) is 0. The molecule has 0 bridgehead atoms. The lowest BCUT2D eigenvalue weighted by atomic mass is 9.84. The molecule has 0 N–H and O–H groups in total. The molecule has 3 heteroatoms. The number of allylic oxidation sites excluding steroid dienone is 1. The third kappa shape index (κ3) is 4.45. The van der Waals surface area contributed by atoms with Gasteiger partial charge in [0.15, 0.2) is 5.78 Å². The van der Waals surface area contributed by atoms with Crippen LogP contribution in [-0.2, 0) is 0 Å². The van der Waals surface area contributed by atoms with Crippen LogP contribution in [-0.4, -0.2) is 5.78 Å². The SMILES string of the molecule is O=C(/C=C/c1ccc(-c2ccc(Cl)cc2)o1)c1ccc(C2CCCCC2)cc1. The minimum Gasteiger partial charge on any atom is -0.457 e. The van der Waals surface area contributed by atoms with Gasteiger partial charge in [0.25, 0.3) is 0 Å². The summed E-state index contributed by atoms with van der Waals surface area (Å²) in [7, 11) is 0. The summed E-state index contributed by atoms with van der Waals surface area (Å²) in [5.74, 6) is 2.04. The zero-order valence-electron chi connectivity index (χ0n) is 15.7. The van der Waals surface area contributed by atoms with E-state index < -0.39 is 0 Å². The molecule has 0 unspecified atom stereocenters. The van der Waals surface area contributed by atoms with Gasteiger partial charge in [-0.1, -0.05) is 55.1 Å². The van der Waals surface area contributed by atoms with Crippen molar-refractivity contribution >= 4 is 23.5 Å². The zero-order valence-corrected chi connectivity index (χ0v) is 16.5. The van der Waals surface area contributed by atoms with Crippen molar-refractivity contribution in [3.05, 3.63) is 88.6 Å². The highest BCUT2D eigenvalue weighted by molar-refractivity contribution is 6.30. The molecule has 1 saturated carbocycles. The summed E-state index contributed by atoms with van der Waals surface area (Å²) in [6.07, 6.45) is 9.80.